The highest BCUT2D eigenvalue weighted by molar-refractivity contribution is 5.85. The van der Waals surface area contributed by atoms with Gasteiger partial charge in [-0.25, -0.2) is 4.39 Å². The SMILES string of the molecule is CCn1c(Cc2ccc(F)cc2)c(CN)c2ccccc21. The zero-order chi connectivity index (χ0) is 14.8. The summed E-state index contributed by atoms with van der Waals surface area (Å²) in [6.07, 6.45) is 0.773. The molecule has 2 N–H and O–H groups in total. The minimum Gasteiger partial charge on any atom is -0.344 e. The monoisotopic (exact) mass is 282 g/mol. The zero-order valence-corrected chi connectivity index (χ0v) is 12.1. The third-order valence-corrected chi connectivity index (χ3v) is 4.00. The van der Waals surface area contributed by atoms with Crippen molar-refractivity contribution in [3.05, 3.63) is 71.2 Å². The van der Waals surface area contributed by atoms with Gasteiger partial charge < -0.3 is 10.3 Å². The first-order chi connectivity index (χ1) is 10.2. The number of rotatable bonds is 4. The molecule has 0 radical (unpaired) electrons. The van der Waals surface area contributed by atoms with Crippen LogP contribution in [0.4, 0.5) is 4.39 Å². The molecule has 1 heterocycles. The number of hydrogen-bond donors (Lipinski definition) is 1. The second-order valence-corrected chi connectivity index (χ2v) is 5.19. The van der Waals surface area contributed by atoms with Crippen molar-refractivity contribution < 1.29 is 4.39 Å². The number of benzene rings is 2. The van der Waals surface area contributed by atoms with Gasteiger partial charge in [0.2, 0.25) is 0 Å². The Morgan fingerprint density at radius 1 is 1.05 bits per heavy atom. The highest BCUT2D eigenvalue weighted by atomic mass is 19.1. The molecule has 2 aromatic carbocycles. The van der Waals surface area contributed by atoms with Gasteiger partial charge in [-0.2, -0.15) is 0 Å². The summed E-state index contributed by atoms with van der Waals surface area (Å²) in [6.45, 7) is 3.56. The second kappa shape index (κ2) is 5.70. The van der Waals surface area contributed by atoms with E-state index in [0.29, 0.717) is 6.54 Å². The number of halogens is 1. The molecule has 3 heteroatoms. The molecule has 0 spiro atoms. The molecule has 108 valence electrons. The van der Waals surface area contributed by atoms with Crippen molar-refractivity contribution in [2.24, 2.45) is 5.73 Å². The molecule has 0 atom stereocenters. The number of fused-ring (bicyclic) bond motifs is 1. The molecule has 21 heavy (non-hydrogen) atoms. The third kappa shape index (κ3) is 2.45. The van der Waals surface area contributed by atoms with E-state index in [2.05, 4.69) is 29.7 Å². The van der Waals surface area contributed by atoms with Gasteiger partial charge in [-0.3, -0.25) is 0 Å². The van der Waals surface area contributed by atoms with Gasteiger partial charge in [0.15, 0.2) is 0 Å². The standard InChI is InChI=1S/C18H19FN2/c1-2-21-17-6-4-3-5-15(17)16(12-20)18(21)11-13-7-9-14(19)10-8-13/h3-10H,2,11-12,20H2,1H3. The molecule has 0 aliphatic carbocycles. The van der Waals surface area contributed by atoms with E-state index in [1.165, 1.54) is 34.3 Å². The van der Waals surface area contributed by atoms with E-state index >= 15 is 0 Å². The van der Waals surface area contributed by atoms with Gasteiger partial charge in [-0.05, 0) is 36.2 Å². The van der Waals surface area contributed by atoms with Gasteiger partial charge in [0.05, 0.1) is 0 Å². The van der Waals surface area contributed by atoms with Crippen molar-refractivity contribution >= 4 is 10.9 Å². The van der Waals surface area contributed by atoms with Crippen LogP contribution in [-0.4, -0.2) is 4.57 Å². The average molecular weight is 282 g/mol. The number of para-hydroxylation sites is 1. The molecule has 0 aliphatic heterocycles. The molecule has 0 aliphatic rings. The van der Waals surface area contributed by atoms with Crippen molar-refractivity contribution in [1.29, 1.82) is 0 Å². The van der Waals surface area contributed by atoms with Crippen LogP contribution >= 0.6 is 0 Å². The van der Waals surface area contributed by atoms with Crippen LogP contribution in [-0.2, 0) is 19.5 Å². The van der Waals surface area contributed by atoms with Gasteiger partial charge in [-0.1, -0.05) is 30.3 Å². The first-order valence-corrected chi connectivity index (χ1v) is 7.28. The molecule has 3 aromatic rings. The Morgan fingerprint density at radius 2 is 1.76 bits per heavy atom. The maximum atomic E-state index is 13.1. The van der Waals surface area contributed by atoms with Crippen molar-refractivity contribution in [2.75, 3.05) is 0 Å². The Kier molecular flexibility index (Phi) is 3.76. The third-order valence-electron chi connectivity index (χ3n) is 4.00. The lowest BCUT2D eigenvalue weighted by Gasteiger charge is -2.10. The number of aryl methyl sites for hydroxylation is 1. The molecular weight excluding hydrogens is 263 g/mol. The zero-order valence-electron chi connectivity index (χ0n) is 12.1. The molecule has 0 saturated carbocycles. The van der Waals surface area contributed by atoms with Gasteiger partial charge in [-0.15, -0.1) is 0 Å². The van der Waals surface area contributed by atoms with Crippen molar-refractivity contribution in [1.82, 2.24) is 4.57 Å². The van der Waals surface area contributed by atoms with E-state index in [9.17, 15) is 4.39 Å². The van der Waals surface area contributed by atoms with E-state index < -0.39 is 0 Å². The number of aromatic nitrogens is 1. The Labute approximate surface area is 124 Å². The number of nitrogens with two attached hydrogens (primary N) is 1. The van der Waals surface area contributed by atoms with Crippen LogP contribution in [0.15, 0.2) is 48.5 Å². The maximum Gasteiger partial charge on any atom is 0.123 e. The first-order valence-electron chi connectivity index (χ1n) is 7.28. The van der Waals surface area contributed by atoms with E-state index in [1.54, 1.807) is 0 Å². The number of hydrogen-bond acceptors (Lipinski definition) is 1. The highest BCUT2D eigenvalue weighted by Gasteiger charge is 2.15. The van der Waals surface area contributed by atoms with Crippen molar-refractivity contribution in [2.45, 2.75) is 26.4 Å². The number of nitrogens with zero attached hydrogens (tertiary/aromatic N) is 1. The lowest BCUT2D eigenvalue weighted by Crippen LogP contribution is -2.06. The highest BCUT2D eigenvalue weighted by Crippen LogP contribution is 2.28. The molecule has 0 saturated heterocycles. The van der Waals surface area contributed by atoms with Gasteiger partial charge in [0.25, 0.3) is 0 Å². The van der Waals surface area contributed by atoms with Crippen LogP contribution in [0.5, 0.6) is 0 Å². The van der Waals surface area contributed by atoms with Crippen molar-refractivity contribution in [3.63, 3.8) is 0 Å². The normalized spacial score (nSPS) is 11.2. The van der Waals surface area contributed by atoms with E-state index in [4.69, 9.17) is 5.73 Å². The summed E-state index contributed by atoms with van der Waals surface area (Å²) in [4.78, 5) is 0. The predicted molar refractivity (Wildman–Crippen MR) is 84.7 cm³/mol. The molecule has 0 fully saturated rings. The largest absolute Gasteiger partial charge is 0.344 e. The van der Waals surface area contributed by atoms with Crippen LogP contribution in [0.1, 0.15) is 23.7 Å². The fourth-order valence-electron chi connectivity index (χ4n) is 3.01. The topological polar surface area (TPSA) is 30.9 Å². The summed E-state index contributed by atoms with van der Waals surface area (Å²) in [5, 5.41) is 1.22. The minimum absolute atomic E-state index is 0.200. The molecule has 3 rings (SSSR count). The van der Waals surface area contributed by atoms with Crippen molar-refractivity contribution in [3.8, 4) is 0 Å². The van der Waals surface area contributed by atoms with Gasteiger partial charge >= 0.3 is 0 Å². The summed E-state index contributed by atoms with van der Waals surface area (Å²) in [5.74, 6) is -0.200. The van der Waals surface area contributed by atoms with E-state index in [-0.39, 0.29) is 5.82 Å². The molecule has 0 bridgehead atoms. The first kappa shape index (κ1) is 13.8. The van der Waals surface area contributed by atoms with Crippen LogP contribution in [0.2, 0.25) is 0 Å². The molecule has 0 unspecified atom stereocenters. The van der Waals surface area contributed by atoms with Gasteiger partial charge in [0, 0.05) is 36.1 Å². The maximum absolute atomic E-state index is 13.1. The molecule has 1 aromatic heterocycles. The summed E-state index contributed by atoms with van der Waals surface area (Å²) in [6, 6.07) is 15.1. The molecular formula is C18H19FN2. The Bertz CT molecular complexity index is 716. The Morgan fingerprint density at radius 3 is 2.43 bits per heavy atom. The fourth-order valence-corrected chi connectivity index (χ4v) is 3.01. The Hall–Kier alpha value is -2.13. The summed E-state index contributed by atoms with van der Waals surface area (Å²) in [5.41, 5.74) is 10.7. The Balaban J connectivity index is 2.14. The van der Waals surface area contributed by atoms with E-state index in [1.807, 2.05) is 18.2 Å². The summed E-state index contributed by atoms with van der Waals surface area (Å²) in [7, 11) is 0. The summed E-state index contributed by atoms with van der Waals surface area (Å²) < 4.78 is 15.4. The average Bonchev–Trinajstić information content (AvgIpc) is 2.82. The fraction of sp³-hybridized carbons (Fsp3) is 0.222. The van der Waals surface area contributed by atoms with Crippen LogP contribution < -0.4 is 5.73 Å². The van der Waals surface area contributed by atoms with E-state index in [0.717, 1.165) is 18.5 Å². The summed E-state index contributed by atoms with van der Waals surface area (Å²) >= 11 is 0. The second-order valence-electron chi connectivity index (χ2n) is 5.19. The smallest absolute Gasteiger partial charge is 0.123 e. The molecule has 2 nitrogen and oxygen atoms in total. The minimum atomic E-state index is -0.200. The van der Waals surface area contributed by atoms with Gasteiger partial charge in [0.1, 0.15) is 5.82 Å². The lowest BCUT2D eigenvalue weighted by molar-refractivity contribution is 0.627. The van der Waals surface area contributed by atoms with Crippen LogP contribution in [0, 0.1) is 5.82 Å². The lowest BCUT2D eigenvalue weighted by atomic mass is 10.0. The predicted octanol–water partition coefficient (Wildman–Crippen LogP) is 3.85. The van der Waals surface area contributed by atoms with Crippen LogP contribution in [0.25, 0.3) is 10.9 Å². The quantitative estimate of drug-likeness (QED) is 0.774. The molecule has 0 amide bonds. The van der Waals surface area contributed by atoms with Crippen LogP contribution in [0.3, 0.4) is 0 Å².